The van der Waals surface area contributed by atoms with Crippen molar-refractivity contribution in [2.24, 2.45) is 11.8 Å². The first kappa shape index (κ1) is 23.7. The highest BCUT2D eigenvalue weighted by atomic mass is 19.3. The number of unbranched alkanes of at least 4 members (excludes halogenated alkanes) is 5. The molecule has 0 unspecified atom stereocenters. The molecule has 0 amide bonds. The molecule has 0 heterocycles. The van der Waals surface area contributed by atoms with Crippen LogP contribution < -0.4 is 0 Å². The van der Waals surface area contributed by atoms with Crippen molar-refractivity contribution in [1.82, 2.24) is 0 Å². The van der Waals surface area contributed by atoms with E-state index in [-0.39, 0.29) is 36.9 Å². The third-order valence-electron chi connectivity index (χ3n) is 5.64. The fraction of sp³-hybridized carbons (Fsp3) is 0.857. The number of alkyl halides is 2. The molecule has 0 radical (unpaired) electrons. The molecule has 1 N–H and O–H groups in total. The lowest BCUT2D eigenvalue weighted by atomic mass is 9.85. The molecule has 1 fully saturated rings. The van der Waals surface area contributed by atoms with Crippen LogP contribution in [-0.4, -0.2) is 28.6 Å². The van der Waals surface area contributed by atoms with Crippen LogP contribution in [0.4, 0.5) is 8.78 Å². The molecule has 0 aromatic rings. The van der Waals surface area contributed by atoms with Crippen molar-refractivity contribution in [1.29, 1.82) is 0 Å². The topological polar surface area (TPSA) is 71.4 Å². The Morgan fingerprint density at radius 3 is 2.37 bits per heavy atom. The van der Waals surface area contributed by atoms with Gasteiger partial charge in [-0.3, -0.25) is 14.4 Å². The number of ketones is 2. The average molecular weight is 388 g/mol. The van der Waals surface area contributed by atoms with Crippen LogP contribution in [0.15, 0.2) is 0 Å². The lowest BCUT2D eigenvalue weighted by molar-refractivity contribution is -0.144. The second-order valence-electron chi connectivity index (χ2n) is 7.84. The summed E-state index contributed by atoms with van der Waals surface area (Å²) in [6.07, 6.45) is 7.32. The fourth-order valence-electron chi connectivity index (χ4n) is 3.93. The van der Waals surface area contributed by atoms with Gasteiger partial charge in [0.1, 0.15) is 5.78 Å². The van der Waals surface area contributed by atoms with E-state index < -0.39 is 17.7 Å². The van der Waals surface area contributed by atoms with Crippen molar-refractivity contribution in [3.8, 4) is 0 Å². The Balaban J connectivity index is 2.31. The van der Waals surface area contributed by atoms with E-state index >= 15 is 0 Å². The van der Waals surface area contributed by atoms with Gasteiger partial charge in [-0.1, -0.05) is 39.0 Å². The monoisotopic (exact) mass is 388 g/mol. The molecule has 1 aliphatic rings. The minimum atomic E-state index is -3.23. The van der Waals surface area contributed by atoms with Crippen molar-refractivity contribution in [3.05, 3.63) is 0 Å². The van der Waals surface area contributed by atoms with Crippen molar-refractivity contribution in [3.63, 3.8) is 0 Å². The first-order valence-electron chi connectivity index (χ1n) is 10.4. The van der Waals surface area contributed by atoms with E-state index in [1.54, 1.807) is 0 Å². The van der Waals surface area contributed by atoms with Gasteiger partial charge in [0.2, 0.25) is 5.78 Å². The number of hydrogen-bond acceptors (Lipinski definition) is 3. The van der Waals surface area contributed by atoms with Crippen molar-refractivity contribution in [2.45, 2.75) is 103 Å². The molecule has 1 saturated carbocycles. The molecule has 0 spiro atoms. The number of halogens is 2. The van der Waals surface area contributed by atoms with Crippen LogP contribution in [0.25, 0.3) is 0 Å². The van der Waals surface area contributed by atoms with E-state index in [9.17, 15) is 23.2 Å². The predicted octanol–water partition coefficient (Wildman–Crippen LogP) is 5.57. The number of carbonyl (C=O) groups excluding carboxylic acids is 2. The van der Waals surface area contributed by atoms with Crippen LogP contribution in [0.3, 0.4) is 0 Å². The molecular weight excluding hydrogens is 354 g/mol. The Morgan fingerprint density at radius 2 is 1.70 bits per heavy atom. The Kier molecular flexibility index (Phi) is 10.7. The van der Waals surface area contributed by atoms with E-state index in [0.29, 0.717) is 38.5 Å². The largest absolute Gasteiger partial charge is 0.481 e. The standard InChI is InChI=1S/C21H34F2O4/c1-2-3-15-21(22,23)19(25)14-12-16-11-13-18(24)17(16)9-7-5-4-6-8-10-20(26)27/h16-17H,2-15H2,1H3,(H,26,27)/t16-,17-/m1/s1. The van der Waals surface area contributed by atoms with Gasteiger partial charge in [0.25, 0.3) is 0 Å². The summed E-state index contributed by atoms with van der Waals surface area (Å²) in [5.74, 6) is -4.83. The minimum absolute atomic E-state index is 0.0513. The second kappa shape index (κ2) is 12.2. The average Bonchev–Trinajstić information content (AvgIpc) is 2.96. The molecule has 6 heteroatoms. The number of Topliss-reactive ketones (excluding diaryl/α,β-unsaturated/α-hetero) is 2. The highest BCUT2D eigenvalue weighted by molar-refractivity contribution is 5.86. The summed E-state index contributed by atoms with van der Waals surface area (Å²) in [6, 6.07) is 0. The van der Waals surface area contributed by atoms with Gasteiger partial charge in [-0.25, -0.2) is 0 Å². The summed E-state index contributed by atoms with van der Waals surface area (Å²) >= 11 is 0. The number of hydrogen-bond donors (Lipinski definition) is 1. The third kappa shape index (κ3) is 8.93. The van der Waals surface area contributed by atoms with Gasteiger partial charge < -0.3 is 5.11 Å². The minimum Gasteiger partial charge on any atom is -0.481 e. The predicted molar refractivity (Wildman–Crippen MR) is 99.9 cm³/mol. The normalized spacial score (nSPS) is 20.2. The van der Waals surface area contributed by atoms with Crippen LogP contribution in [-0.2, 0) is 14.4 Å². The first-order chi connectivity index (χ1) is 12.8. The molecule has 156 valence electrons. The molecular formula is C21H34F2O4. The van der Waals surface area contributed by atoms with Crippen LogP contribution >= 0.6 is 0 Å². The van der Waals surface area contributed by atoms with Gasteiger partial charge in [0, 0.05) is 31.6 Å². The summed E-state index contributed by atoms with van der Waals surface area (Å²) in [7, 11) is 0. The van der Waals surface area contributed by atoms with Gasteiger partial charge in [-0.2, -0.15) is 8.78 Å². The van der Waals surface area contributed by atoms with Gasteiger partial charge in [-0.15, -0.1) is 0 Å². The summed E-state index contributed by atoms with van der Waals surface area (Å²) < 4.78 is 27.6. The van der Waals surface area contributed by atoms with Crippen LogP contribution in [0.2, 0.25) is 0 Å². The van der Waals surface area contributed by atoms with Crippen LogP contribution in [0, 0.1) is 11.8 Å². The lowest BCUT2D eigenvalue weighted by Crippen LogP contribution is -2.29. The molecule has 0 aromatic heterocycles. The number of aliphatic carboxylic acids is 1. The smallest absolute Gasteiger partial charge is 0.305 e. The molecule has 1 aliphatic carbocycles. The number of rotatable bonds is 15. The Bertz CT molecular complexity index is 491. The fourth-order valence-corrected chi connectivity index (χ4v) is 3.93. The Morgan fingerprint density at radius 1 is 1.04 bits per heavy atom. The highest BCUT2D eigenvalue weighted by Gasteiger charge is 2.39. The number of carboxylic acids is 1. The van der Waals surface area contributed by atoms with Crippen molar-refractivity contribution >= 4 is 17.5 Å². The zero-order valence-electron chi connectivity index (χ0n) is 16.5. The Labute approximate surface area is 161 Å². The van der Waals surface area contributed by atoms with E-state index in [1.165, 1.54) is 0 Å². The third-order valence-corrected chi connectivity index (χ3v) is 5.64. The molecule has 0 saturated heterocycles. The molecule has 0 aromatic carbocycles. The van der Waals surface area contributed by atoms with E-state index in [4.69, 9.17) is 5.11 Å². The molecule has 2 atom stereocenters. The van der Waals surface area contributed by atoms with Crippen LogP contribution in [0.5, 0.6) is 0 Å². The van der Waals surface area contributed by atoms with Crippen LogP contribution in [0.1, 0.15) is 96.8 Å². The summed E-state index contributed by atoms with van der Waals surface area (Å²) in [6.45, 7) is 1.82. The lowest BCUT2D eigenvalue weighted by Gasteiger charge is -2.20. The van der Waals surface area contributed by atoms with Gasteiger partial charge >= 0.3 is 11.9 Å². The maximum Gasteiger partial charge on any atom is 0.305 e. The van der Waals surface area contributed by atoms with Gasteiger partial charge in [0.15, 0.2) is 0 Å². The maximum atomic E-state index is 13.8. The van der Waals surface area contributed by atoms with Gasteiger partial charge in [-0.05, 0) is 38.0 Å². The zero-order chi connectivity index (χ0) is 20.3. The summed E-state index contributed by atoms with van der Waals surface area (Å²) in [4.78, 5) is 34.4. The molecule has 27 heavy (non-hydrogen) atoms. The first-order valence-corrected chi connectivity index (χ1v) is 10.4. The number of carboxylic acid groups (broad SMARTS) is 1. The zero-order valence-corrected chi connectivity index (χ0v) is 16.5. The second-order valence-corrected chi connectivity index (χ2v) is 7.84. The molecule has 0 aliphatic heterocycles. The molecule has 0 bridgehead atoms. The Hall–Kier alpha value is -1.33. The van der Waals surface area contributed by atoms with Crippen molar-refractivity contribution in [2.75, 3.05) is 0 Å². The maximum absolute atomic E-state index is 13.8. The number of carbonyl (C=O) groups is 3. The summed E-state index contributed by atoms with van der Waals surface area (Å²) in [5.41, 5.74) is 0. The van der Waals surface area contributed by atoms with Gasteiger partial charge in [0.05, 0.1) is 0 Å². The summed E-state index contributed by atoms with van der Waals surface area (Å²) in [5, 5.41) is 8.59. The van der Waals surface area contributed by atoms with E-state index in [2.05, 4.69) is 0 Å². The quantitative estimate of drug-likeness (QED) is 0.372. The van der Waals surface area contributed by atoms with E-state index in [0.717, 1.165) is 32.1 Å². The molecule has 4 nitrogen and oxygen atoms in total. The SMILES string of the molecule is CCCCC(F)(F)C(=O)CC[C@H]1CCC(=O)[C@@H]1CCCCCCCC(=O)O. The molecule has 1 rings (SSSR count). The van der Waals surface area contributed by atoms with E-state index in [1.807, 2.05) is 6.92 Å². The van der Waals surface area contributed by atoms with Crippen molar-refractivity contribution < 1.29 is 28.3 Å². The highest BCUT2D eigenvalue weighted by Crippen LogP contribution is 2.37.